The molecule has 3 aromatic carbocycles. The lowest BCUT2D eigenvalue weighted by Gasteiger charge is -2.03. The molecule has 0 saturated carbocycles. The first-order chi connectivity index (χ1) is 13.7. The number of aryl methyl sites for hydroxylation is 1. The van der Waals surface area contributed by atoms with E-state index in [0.29, 0.717) is 0 Å². The van der Waals surface area contributed by atoms with Crippen molar-refractivity contribution in [1.82, 2.24) is 0 Å². The van der Waals surface area contributed by atoms with Gasteiger partial charge in [-0.3, -0.25) is 0 Å². The SMILES string of the molecule is CCCCc1ccc(C#Cc2ccc(-c3ccc(N=C=S)c(F)c3)cc2)cc1. The molecule has 0 N–H and O–H groups in total. The fourth-order valence-electron chi connectivity index (χ4n) is 2.85. The van der Waals surface area contributed by atoms with Gasteiger partial charge in [0.05, 0.1) is 5.16 Å². The largest absolute Gasteiger partial charge is 0.205 e. The number of nitrogens with zero attached hydrogens (tertiary/aromatic N) is 1. The molecule has 1 nitrogen and oxygen atoms in total. The second-order valence-electron chi connectivity index (χ2n) is 6.50. The Kier molecular flexibility index (Phi) is 6.87. The molecule has 3 rings (SSSR count). The monoisotopic (exact) mass is 385 g/mol. The molecule has 0 fully saturated rings. The van der Waals surface area contributed by atoms with Crippen LogP contribution in [-0.4, -0.2) is 5.16 Å². The number of thiocarbonyl (C=S) groups is 1. The number of rotatable bonds is 5. The van der Waals surface area contributed by atoms with Gasteiger partial charge in [-0.1, -0.05) is 55.5 Å². The molecule has 0 aliphatic rings. The van der Waals surface area contributed by atoms with E-state index in [2.05, 4.69) is 65.4 Å². The Bertz CT molecular complexity index is 1050. The number of isothiocyanates is 1. The van der Waals surface area contributed by atoms with Crippen molar-refractivity contribution in [3.05, 3.63) is 89.2 Å². The average Bonchev–Trinajstić information content (AvgIpc) is 2.73. The zero-order chi connectivity index (χ0) is 19.8. The Labute approximate surface area is 171 Å². The molecular weight excluding hydrogens is 365 g/mol. The van der Waals surface area contributed by atoms with Crippen molar-refractivity contribution in [1.29, 1.82) is 0 Å². The van der Waals surface area contributed by atoms with Crippen LogP contribution in [0, 0.1) is 17.7 Å². The summed E-state index contributed by atoms with van der Waals surface area (Å²) in [5, 5.41) is 2.18. The van der Waals surface area contributed by atoms with Gasteiger partial charge in [0.1, 0.15) is 11.5 Å². The first-order valence-corrected chi connectivity index (χ1v) is 9.69. The van der Waals surface area contributed by atoms with Gasteiger partial charge in [-0.05, 0) is 78.1 Å². The van der Waals surface area contributed by atoms with Crippen molar-refractivity contribution in [3.63, 3.8) is 0 Å². The van der Waals surface area contributed by atoms with Crippen molar-refractivity contribution >= 4 is 23.1 Å². The summed E-state index contributed by atoms with van der Waals surface area (Å²) in [5.41, 5.74) is 5.17. The summed E-state index contributed by atoms with van der Waals surface area (Å²) in [4.78, 5) is 3.70. The summed E-state index contributed by atoms with van der Waals surface area (Å²) in [6.07, 6.45) is 3.53. The smallest absolute Gasteiger partial charge is 0.150 e. The van der Waals surface area contributed by atoms with Gasteiger partial charge in [-0.15, -0.1) is 0 Å². The predicted octanol–water partition coefficient (Wildman–Crippen LogP) is 6.97. The van der Waals surface area contributed by atoms with Crippen LogP contribution < -0.4 is 0 Å². The average molecular weight is 386 g/mol. The number of unbranched alkanes of at least 4 members (excludes halogenated alkanes) is 1. The van der Waals surface area contributed by atoms with Gasteiger partial charge in [-0.25, -0.2) is 4.39 Å². The van der Waals surface area contributed by atoms with Gasteiger partial charge in [-0.2, -0.15) is 4.99 Å². The molecule has 138 valence electrons. The normalized spacial score (nSPS) is 9.93. The molecule has 0 heterocycles. The van der Waals surface area contributed by atoms with Crippen molar-refractivity contribution < 1.29 is 4.39 Å². The molecule has 0 amide bonds. The summed E-state index contributed by atoms with van der Waals surface area (Å²) < 4.78 is 14.0. The minimum Gasteiger partial charge on any atom is -0.205 e. The number of hydrogen-bond acceptors (Lipinski definition) is 2. The first-order valence-electron chi connectivity index (χ1n) is 9.28. The third kappa shape index (κ3) is 5.24. The van der Waals surface area contributed by atoms with Crippen LogP contribution in [0.3, 0.4) is 0 Å². The van der Waals surface area contributed by atoms with Gasteiger partial charge >= 0.3 is 0 Å². The molecule has 3 heteroatoms. The Morgan fingerprint density at radius 2 is 1.46 bits per heavy atom. The summed E-state index contributed by atoms with van der Waals surface area (Å²) >= 11 is 4.52. The van der Waals surface area contributed by atoms with Crippen LogP contribution in [-0.2, 0) is 6.42 Å². The third-order valence-electron chi connectivity index (χ3n) is 4.46. The highest BCUT2D eigenvalue weighted by Crippen LogP contribution is 2.26. The van der Waals surface area contributed by atoms with E-state index in [9.17, 15) is 4.39 Å². The maximum Gasteiger partial charge on any atom is 0.150 e. The minimum absolute atomic E-state index is 0.196. The van der Waals surface area contributed by atoms with Gasteiger partial charge in [0, 0.05) is 11.1 Å². The van der Waals surface area contributed by atoms with E-state index in [1.165, 1.54) is 24.5 Å². The molecule has 0 saturated heterocycles. The van der Waals surface area contributed by atoms with E-state index in [1.54, 1.807) is 6.07 Å². The highest BCUT2D eigenvalue weighted by Gasteiger charge is 2.04. The van der Waals surface area contributed by atoms with Crippen molar-refractivity contribution in [3.8, 4) is 23.0 Å². The van der Waals surface area contributed by atoms with Crippen LogP contribution in [0.25, 0.3) is 11.1 Å². The summed E-state index contributed by atoms with van der Waals surface area (Å²) in [6.45, 7) is 2.20. The number of halogens is 1. The zero-order valence-electron chi connectivity index (χ0n) is 15.7. The molecular formula is C25H20FNS. The molecule has 0 radical (unpaired) electrons. The van der Waals surface area contributed by atoms with Crippen LogP contribution in [0.1, 0.15) is 36.5 Å². The van der Waals surface area contributed by atoms with Crippen LogP contribution in [0.15, 0.2) is 71.7 Å². The maximum absolute atomic E-state index is 14.0. The van der Waals surface area contributed by atoms with Gasteiger partial charge in [0.2, 0.25) is 0 Å². The van der Waals surface area contributed by atoms with E-state index in [4.69, 9.17) is 0 Å². The van der Waals surface area contributed by atoms with Crippen LogP contribution in [0.5, 0.6) is 0 Å². The third-order valence-corrected chi connectivity index (χ3v) is 4.55. The second-order valence-corrected chi connectivity index (χ2v) is 6.68. The van der Waals surface area contributed by atoms with Gasteiger partial charge in [0.25, 0.3) is 0 Å². The lowest BCUT2D eigenvalue weighted by atomic mass is 10.0. The lowest BCUT2D eigenvalue weighted by Crippen LogP contribution is -1.85. The van der Waals surface area contributed by atoms with Gasteiger partial charge in [0.15, 0.2) is 0 Å². The molecule has 28 heavy (non-hydrogen) atoms. The molecule has 0 aliphatic carbocycles. The van der Waals surface area contributed by atoms with Crippen molar-refractivity contribution in [2.75, 3.05) is 0 Å². The summed E-state index contributed by atoms with van der Waals surface area (Å²) in [5.74, 6) is 5.96. The fourth-order valence-corrected chi connectivity index (χ4v) is 2.95. The van der Waals surface area contributed by atoms with Crippen LogP contribution >= 0.6 is 12.2 Å². The molecule has 0 aromatic heterocycles. The highest BCUT2D eigenvalue weighted by atomic mass is 32.1. The highest BCUT2D eigenvalue weighted by molar-refractivity contribution is 7.78. The van der Waals surface area contributed by atoms with Crippen molar-refractivity contribution in [2.45, 2.75) is 26.2 Å². The molecule has 3 aromatic rings. The number of benzene rings is 3. The van der Waals surface area contributed by atoms with Crippen molar-refractivity contribution in [2.24, 2.45) is 4.99 Å². The molecule has 0 unspecified atom stereocenters. The Hall–Kier alpha value is -3.05. The topological polar surface area (TPSA) is 12.4 Å². The quantitative estimate of drug-likeness (QED) is 0.262. The first kappa shape index (κ1) is 19.7. The fraction of sp³-hybridized carbons (Fsp3) is 0.160. The van der Waals surface area contributed by atoms with Crippen LogP contribution in [0.2, 0.25) is 0 Å². The van der Waals surface area contributed by atoms with E-state index < -0.39 is 5.82 Å². The summed E-state index contributed by atoms with van der Waals surface area (Å²) in [7, 11) is 0. The molecule has 0 spiro atoms. The molecule has 0 bridgehead atoms. The van der Waals surface area contributed by atoms with Crippen LogP contribution in [0.4, 0.5) is 10.1 Å². The molecule has 0 aliphatic heterocycles. The minimum atomic E-state index is -0.416. The second kappa shape index (κ2) is 9.76. The van der Waals surface area contributed by atoms with Gasteiger partial charge < -0.3 is 0 Å². The van der Waals surface area contributed by atoms with E-state index in [1.807, 2.05) is 30.3 Å². The standard InChI is InChI=1S/C25H20FNS/c1-2-3-4-19-5-7-20(8-6-19)9-10-21-11-13-22(14-12-21)23-15-16-25(27-18-28)24(26)17-23/h5-8,11-17H,2-4H2,1H3. The zero-order valence-corrected chi connectivity index (χ0v) is 16.5. The Morgan fingerprint density at radius 1 is 0.857 bits per heavy atom. The number of aliphatic imine (C=N–C) groups is 1. The Balaban J connectivity index is 1.72. The van der Waals surface area contributed by atoms with E-state index >= 15 is 0 Å². The molecule has 0 atom stereocenters. The summed E-state index contributed by atoms with van der Waals surface area (Å²) in [6, 6.07) is 21.1. The predicted molar refractivity (Wildman–Crippen MR) is 118 cm³/mol. The van der Waals surface area contributed by atoms with E-state index in [-0.39, 0.29) is 5.69 Å². The number of hydrogen-bond donors (Lipinski definition) is 0. The van der Waals surface area contributed by atoms with E-state index in [0.717, 1.165) is 28.7 Å². The lowest BCUT2D eigenvalue weighted by molar-refractivity contribution is 0.630. The Morgan fingerprint density at radius 3 is 2.04 bits per heavy atom. The maximum atomic E-state index is 14.0.